The average Bonchev–Trinajstić information content (AvgIpc) is 3.36. The van der Waals surface area contributed by atoms with E-state index in [1.165, 1.54) is 40.6 Å². The standard InChI is InChI=1S/C24H26ClN7O6S/c1-15(11-20-26-12-16(25)13-27-20)39(33,34)31-38-14-21-29-30-24(17-7-5-10-22(28-17)37-4)32(21)23-18(35-2)8-6-9-19(23)36-3/h5-10,12-13,15,31H,11,14H2,1-4H3/t15-/m0/s1. The van der Waals surface area contributed by atoms with Crippen LogP contribution in [0.15, 0.2) is 48.8 Å². The first-order valence-electron chi connectivity index (χ1n) is 11.5. The molecule has 15 heteroatoms. The van der Waals surface area contributed by atoms with Crippen molar-refractivity contribution in [2.45, 2.75) is 25.2 Å². The van der Waals surface area contributed by atoms with Crippen LogP contribution in [0.4, 0.5) is 0 Å². The highest BCUT2D eigenvalue weighted by atomic mass is 35.5. The van der Waals surface area contributed by atoms with E-state index in [4.69, 9.17) is 30.6 Å². The van der Waals surface area contributed by atoms with E-state index in [1.807, 2.05) is 0 Å². The number of benzene rings is 1. The predicted molar refractivity (Wildman–Crippen MR) is 141 cm³/mol. The van der Waals surface area contributed by atoms with Crippen molar-refractivity contribution in [3.8, 4) is 34.6 Å². The van der Waals surface area contributed by atoms with Crippen LogP contribution in [0.25, 0.3) is 17.2 Å². The van der Waals surface area contributed by atoms with Crippen LogP contribution in [0.3, 0.4) is 0 Å². The fourth-order valence-electron chi connectivity index (χ4n) is 3.59. The summed E-state index contributed by atoms with van der Waals surface area (Å²) < 4.78 is 43.7. The Kier molecular flexibility index (Phi) is 8.91. The number of para-hydroxylation sites is 1. The second-order valence-corrected chi connectivity index (χ2v) is 10.6. The molecule has 0 fully saturated rings. The molecule has 0 aliphatic carbocycles. The SMILES string of the molecule is COc1cccc(-c2nnc(CONS(=O)(=O)[C@@H](C)Cc3ncc(Cl)cn3)n2-c2c(OC)cccc2OC)n1. The number of hydrogen-bond donors (Lipinski definition) is 1. The summed E-state index contributed by atoms with van der Waals surface area (Å²) in [7, 11) is 0.620. The van der Waals surface area contributed by atoms with Crippen LogP contribution < -0.4 is 19.1 Å². The smallest absolute Gasteiger partial charge is 0.236 e. The van der Waals surface area contributed by atoms with E-state index in [9.17, 15) is 8.42 Å². The Hall–Kier alpha value is -3.85. The molecule has 3 heterocycles. The summed E-state index contributed by atoms with van der Waals surface area (Å²) in [5.41, 5.74) is 0.917. The van der Waals surface area contributed by atoms with Gasteiger partial charge in [-0.3, -0.25) is 9.40 Å². The molecule has 0 saturated heterocycles. The number of rotatable bonds is 12. The molecule has 0 spiro atoms. The first-order valence-corrected chi connectivity index (χ1v) is 13.5. The van der Waals surface area contributed by atoms with Crippen molar-refractivity contribution in [2.75, 3.05) is 21.3 Å². The van der Waals surface area contributed by atoms with Crippen LogP contribution in [0.1, 0.15) is 18.6 Å². The Balaban J connectivity index is 1.64. The molecule has 206 valence electrons. The molecule has 0 amide bonds. The van der Waals surface area contributed by atoms with Crippen LogP contribution in [0.5, 0.6) is 17.4 Å². The molecule has 39 heavy (non-hydrogen) atoms. The van der Waals surface area contributed by atoms with Crippen molar-refractivity contribution in [3.63, 3.8) is 0 Å². The van der Waals surface area contributed by atoms with Gasteiger partial charge in [0.1, 0.15) is 35.3 Å². The summed E-state index contributed by atoms with van der Waals surface area (Å²) in [6, 6.07) is 10.4. The minimum Gasteiger partial charge on any atom is -0.494 e. The van der Waals surface area contributed by atoms with E-state index in [2.05, 4.69) is 30.0 Å². The molecule has 0 radical (unpaired) electrons. The third kappa shape index (κ3) is 6.42. The molecule has 0 aliphatic heterocycles. The molecular weight excluding hydrogens is 550 g/mol. The Morgan fingerprint density at radius 3 is 2.28 bits per heavy atom. The summed E-state index contributed by atoms with van der Waals surface area (Å²) in [6.45, 7) is 1.22. The van der Waals surface area contributed by atoms with Crippen molar-refractivity contribution in [3.05, 3.63) is 65.5 Å². The molecule has 0 unspecified atom stereocenters. The van der Waals surface area contributed by atoms with E-state index in [-0.39, 0.29) is 18.9 Å². The van der Waals surface area contributed by atoms with Crippen molar-refractivity contribution >= 4 is 21.6 Å². The molecule has 4 aromatic rings. The van der Waals surface area contributed by atoms with Gasteiger partial charge in [-0.25, -0.2) is 23.4 Å². The summed E-state index contributed by atoms with van der Waals surface area (Å²) in [6.07, 6.45) is 2.86. The highest BCUT2D eigenvalue weighted by Crippen LogP contribution is 2.36. The fraction of sp³-hybridized carbons (Fsp3) is 0.292. The maximum atomic E-state index is 12.8. The average molecular weight is 576 g/mol. The molecule has 1 atom stereocenters. The summed E-state index contributed by atoms with van der Waals surface area (Å²) in [5.74, 6) is 2.18. The van der Waals surface area contributed by atoms with Crippen LogP contribution in [-0.4, -0.2) is 64.7 Å². The van der Waals surface area contributed by atoms with Gasteiger partial charge in [0, 0.05) is 24.9 Å². The largest absolute Gasteiger partial charge is 0.494 e. The number of pyridine rings is 1. The molecule has 0 aliphatic rings. The second-order valence-electron chi connectivity index (χ2n) is 8.10. The zero-order valence-electron chi connectivity index (χ0n) is 21.5. The normalized spacial score (nSPS) is 12.2. The number of aromatic nitrogens is 6. The van der Waals surface area contributed by atoms with Gasteiger partial charge in [0.25, 0.3) is 0 Å². The quantitative estimate of drug-likeness (QED) is 0.248. The number of ether oxygens (including phenoxy) is 3. The predicted octanol–water partition coefficient (Wildman–Crippen LogP) is 2.78. The fourth-order valence-corrected chi connectivity index (χ4v) is 4.44. The molecule has 0 saturated carbocycles. The lowest BCUT2D eigenvalue weighted by Gasteiger charge is -2.17. The first-order chi connectivity index (χ1) is 18.8. The maximum Gasteiger partial charge on any atom is 0.236 e. The Labute approximate surface area is 230 Å². The number of methoxy groups -OCH3 is 3. The van der Waals surface area contributed by atoms with Crippen molar-refractivity contribution < 1.29 is 27.5 Å². The number of halogens is 1. The van der Waals surface area contributed by atoms with Gasteiger partial charge in [-0.15, -0.1) is 10.2 Å². The van der Waals surface area contributed by atoms with E-state index < -0.39 is 15.3 Å². The van der Waals surface area contributed by atoms with Gasteiger partial charge >= 0.3 is 0 Å². The molecule has 13 nitrogen and oxygen atoms in total. The molecule has 1 N–H and O–H groups in total. The van der Waals surface area contributed by atoms with Crippen molar-refractivity contribution in [2.24, 2.45) is 0 Å². The van der Waals surface area contributed by atoms with Crippen LogP contribution in [-0.2, 0) is 27.9 Å². The molecule has 0 bridgehead atoms. The van der Waals surface area contributed by atoms with E-state index in [0.717, 1.165) is 0 Å². The minimum absolute atomic E-state index is 0.0517. The highest BCUT2D eigenvalue weighted by Gasteiger charge is 2.26. The molecular formula is C24H26ClN7O6S. The van der Waals surface area contributed by atoms with Crippen molar-refractivity contribution in [1.82, 2.24) is 34.6 Å². The lowest BCUT2D eigenvalue weighted by Crippen LogP contribution is -2.34. The van der Waals surface area contributed by atoms with Gasteiger partial charge in [0.15, 0.2) is 11.6 Å². The van der Waals surface area contributed by atoms with Crippen LogP contribution in [0.2, 0.25) is 5.02 Å². The number of nitrogens with one attached hydrogen (secondary N) is 1. The summed E-state index contributed by atoms with van der Waals surface area (Å²) in [4.78, 5) is 20.1. The number of hydrogen-bond acceptors (Lipinski definition) is 11. The van der Waals surface area contributed by atoms with Gasteiger partial charge in [-0.1, -0.05) is 28.6 Å². The number of nitrogens with zero attached hydrogens (tertiary/aromatic N) is 6. The third-order valence-electron chi connectivity index (χ3n) is 5.57. The maximum absolute atomic E-state index is 12.8. The van der Waals surface area contributed by atoms with Crippen LogP contribution >= 0.6 is 11.6 Å². The number of sulfonamides is 1. The van der Waals surface area contributed by atoms with E-state index >= 15 is 0 Å². The molecule has 4 rings (SSSR count). The van der Waals surface area contributed by atoms with Gasteiger partial charge < -0.3 is 14.2 Å². The Bertz CT molecular complexity index is 1510. The topological polar surface area (TPSA) is 152 Å². The summed E-state index contributed by atoms with van der Waals surface area (Å²) in [5, 5.41) is 8.00. The van der Waals surface area contributed by atoms with E-state index in [1.54, 1.807) is 41.0 Å². The van der Waals surface area contributed by atoms with Gasteiger partial charge in [0.05, 0.1) is 31.6 Å². The Morgan fingerprint density at radius 1 is 0.974 bits per heavy atom. The zero-order chi connectivity index (χ0) is 28.0. The summed E-state index contributed by atoms with van der Waals surface area (Å²) >= 11 is 5.80. The van der Waals surface area contributed by atoms with Crippen molar-refractivity contribution in [1.29, 1.82) is 0 Å². The van der Waals surface area contributed by atoms with Gasteiger partial charge in [-0.2, -0.15) is 0 Å². The lowest BCUT2D eigenvalue weighted by atomic mass is 10.2. The first kappa shape index (κ1) is 28.2. The minimum atomic E-state index is -3.92. The monoisotopic (exact) mass is 575 g/mol. The van der Waals surface area contributed by atoms with Gasteiger partial charge in [-0.05, 0) is 25.1 Å². The lowest BCUT2D eigenvalue weighted by molar-refractivity contribution is 0.0730. The molecule has 1 aromatic carbocycles. The van der Waals surface area contributed by atoms with Gasteiger partial charge in [0.2, 0.25) is 15.9 Å². The van der Waals surface area contributed by atoms with Crippen LogP contribution in [0, 0.1) is 0 Å². The Morgan fingerprint density at radius 2 is 1.64 bits per heavy atom. The third-order valence-corrected chi connectivity index (χ3v) is 7.34. The second kappa shape index (κ2) is 12.3. The van der Waals surface area contributed by atoms with E-state index in [0.29, 0.717) is 45.4 Å². The molecule has 3 aromatic heterocycles. The zero-order valence-corrected chi connectivity index (χ0v) is 23.1. The highest BCUT2D eigenvalue weighted by molar-refractivity contribution is 7.89.